The van der Waals surface area contributed by atoms with Gasteiger partial charge in [0.25, 0.3) is 5.91 Å². The minimum absolute atomic E-state index is 0.0932. The highest BCUT2D eigenvalue weighted by Crippen LogP contribution is 2.34. The van der Waals surface area contributed by atoms with E-state index in [1.54, 1.807) is 0 Å². The first-order chi connectivity index (χ1) is 16.9. The number of carbonyl (C=O) groups is 5. The molecule has 2 rings (SSSR count). The van der Waals surface area contributed by atoms with Gasteiger partial charge in [0.2, 0.25) is 17.6 Å². The fourth-order valence-corrected chi connectivity index (χ4v) is 5.14. The Bertz CT molecular complexity index is 885. The lowest BCUT2D eigenvalue weighted by Crippen LogP contribution is -2.62. The molecule has 1 saturated heterocycles. The molecule has 0 radical (unpaired) electrons. The predicted molar refractivity (Wildman–Crippen MR) is 141 cm³/mol. The molecule has 0 aromatic heterocycles. The summed E-state index contributed by atoms with van der Waals surface area (Å²) in [6, 6.07) is -3.17. The van der Waals surface area contributed by atoms with Gasteiger partial charge in [-0.3, -0.25) is 19.2 Å². The van der Waals surface area contributed by atoms with Crippen molar-refractivity contribution in [3.05, 3.63) is 0 Å². The molecular weight excluding hydrogens is 474 g/mol. The van der Waals surface area contributed by atoms with E-state index in [1.807, 2.05) is 55.4 Å². The second-order valence-corrected chi connectivity index (χ2v) is 13.1. The summed E-state index contributed by atoms with van der Waals surface area (Å²) in [7, 11) is 0. The summed E-state index contributed by atoms with van der Waals surface area (Å²) in [5.74, 6) is -2.49. The highest BCUT2D eigenvalue weighted by molar-refractivity contribution is 6.37. The monoisotopic (exact) mass is 521 g/mol. The summed E-state index contributed by atoms with van der Waals surface area (Å²) in [6.07, 6.45) is 3.91. The molecule has 37 heavy (non-hydrogen) atoms. The zero-order valence-electron chi connectivity index (χ0n) is 23.8. The van der Waals surface area contributed by atoms with Gasteiger partial charge in [-0.25, -0.2) is 4.79 Å². The van der Waals surface area contributed by atoms with E-state index in [0.717, 1.165) is 19.3 Å². The molecule has 0 bridgehead atoms. The third-order valence-electron chi connectivity index (χ3n) is 7.40. The number of Topliss-reactive ketones (excluding diaryl/α,β-unsaturated/α-hetero) is 1. The van der Waals surface area contributed by atoms with E-state index < -0.39 is 52.7 Å². The number of nitrogens with two attached hydrogens (primary N) is 1. The number of ketones is 1. The number of urea groups is 1. The number of amides is 5. The molecule has 1 aliphatic carbocycles. The van der Waals surface area contributed by atoms with Crippen LogP contribution in [0.2, 0.25) is 0 Å². The molecule has 0 spiro atoms. The Balaban J connectivity index is 2.31. The molecule has 10 heteroatoms. The SMILES string of the molecule is CC(C)[C@H]1CCN(C(=O)C(NC(=O)NC(C)(C)C)C(C)(C)C)C1C(=O)NC(CC1CCC1)C(=O)C(N)=O. The van der Waals surface area contributed by atoms with Crippen LogP contribution < -0.4 is 21.7 Å². The van der Waals surface area contributed by atoms with Crippen molar-refractivity contribution in [2.24, 2.45) is 28.9 Å². The Morgan fingerprint density at radius 2 is 1.54 bits per heavy atom. The maximum atomic E-state index is 13.9. The smallest absolute Gasteiger partial charge is 0.315 e. The van der Waals surface area contributed by atoms with E-state index in [2.05, 4.69) is 16.0 Å². The van der Waals surface area contributed by atoms with E-state index >= 15 is 0 Å². The Hall–Kier alpha value is -2.65. The van der Waals surface area contributed by atoms with E-state index in [1.165, 1.54) is 4.90 Å². The summed E-state index contributed by atoms with van der Waals surface area (Å²) >= 11 is 0. The predicted octanol–water partition coefficient (Wildman–Crippen LogP) is 2.10. The van der Waals surface area contributed by atoms with Crippen LogP contribution >= 0.6 is 0 Å². The van der Waals surface area contributed by atoms with Gasteiger partial charge in [0.15, 0.2) is 0 Å². The lowest BCUT2D eigenvalue weighted by atomic mass is 9.80. The Morgan fingerprint density at radius 1 is 0.946 bits per heavy atom. The third-order valence-corrected chi connectivity index (χ3v) is 7.40. The van der Waals surface area contributed by atoms with Crippen LogP contribution in [0.15, 0.2) is 0 Å². The van der Waals surface area contributed by atoms with Crippen LogP contribution in [0.4, 0.5) is 4.79 Å². The number of rotatable bonds is 9. The molecule has 0 aromatic rings. The molecular formula is C27H47N5O5. The van der Waals surface area contributed by atoms with E-state index in [9.17, 15) is 24.0 Å². The lowest BCUT2D eigenvalue weighted by molar-refractivity contribution is -0.144. The topological polar surface area (TPSA) is 151 Å². The van der Waals surface area contributed by atoms with Crippen molar-refractivity contribution in [1.82, 2.24) is 20.9 Å². The van der Waals surface area contributed by atoms with Crippen molar-refractivity contribution < 1.29 is 24.0 Å². The van der Waals surface area contributed by atoms with Crippen LogP contribution in [-0.4, -0.2) is 64.6 Å². The van der Waals surface area contributed by atoms with Crippen LogP contribution in [0.1, 0.15) is 87.5 Å². The highest BCUT2D eigenvalue weighted by Gasteiger charge is 2.48. The van der Waals surface area contributed by atoms with Crippen molar-refractivity contribution in [3.63, 3.8) is 0 Å². The fraction of sp³-hybridized carbons (Fsp3) is 0.815. The van der Waals surface area contributed by atoms with Gasteiger partial charge in [-0.15, -0.1) is 0 Å². The fourth-order valence-electron chi connectivity index (χ4n) is 5.14. The van der Waals surface area contributed by atoms with Crippen LogP contribution in [0, 0.1) is 23.2 Å². The molecule has 2 fully saturated rings. The summed E-state index contributed by atoms with van der Waals surface area (Å²) < 4.78 is 0. The van der Waals surface area contributed by atoms with Crippen LogP contribution in [0.25, 0.3) is 0 Å². The Morgan fingerprint density at radius 3 is 1.97 bits per heavy atom. The number of hydrogen-bond acceptors (Lipinski definition) is 5. The highest BCUT2D eigenvalue weighted by atomic mass is 16.2. The standard InChI is InChI=1S/C27H47N5O5/c1-15(2)17-12-13-32(24(36)21(26(3,4)5)30-25(37)31-27(6,7)8)19(17)23(35)29-18(20(33)22(28)34)14-16-10-9-11-16/h15-19,21H,9-14H2,1-8H3,(H2,28,34)(H,29,35)(H2,30,31,37)/t17-,18?,19?,21?/m1/s1. The molecule has 3 unspecified atom stereocenters. The number of primary amides is 1. The molecule has 210 valence electrons. The largest absolute Gasteiger partial charge is 0.363 e. The second-order valence-electron chi connectivity index (χ2n) is 13.1. The lowest BCUT2D eigenvalue weighted by Gasteiger charge is -2.37. The summed E-state index contributed by atoms with van der Waals surface area (Å²) in [4.78, 5) is 66.0. The first kappa shape index (κ1) is 30.6. The van der Waals surface area contributed by atoms with Crippen LogP contribution in [0.5, 0.6) is 0 Å². The summed E-state index contributed by atoms with van der Waals surface area (Å²) in [5, 5.41) is 8.42. The zero-order valence-corrected chi connectivity index (χ0v) is 23.8. The summed E-state index contributed by atoms with van der Waals surface area (Å²) in [5.41, 5.74) is 4.16. The van der Waals surface area contributed by atoms with Crippen molar-refractivity contribution in [3.8, 4) is 0 Å². The molecule has 10 nitrogen and oxygen atoms in total. The van der Waals surface area contributed by atoms with Crippen molar-refractivity contribution in [2.45, 2.75) is 111 Å². The van der Waals surface area contributed by atoms with Crippen LogP contribution in [0.3, 0.4) is 0 Å². The average Bonchev–Trinajstić information content (AvgIpc) is 3.16. The minimum Gasteiger partial charge on any atom is -0.363 e. The summed E-state index contributed by atoms with van der Waals surface area (Å²) in [6.45, 7) is 15.5. The first-order valence-electron chi connectivity index (χ1n) is 13.5. The van der Waals surface area contributed by atoms with Gasteiger partial charge in [-0.05, 0) is 56.8 Å². The van der Waals surface area contributed by atoms with Gasteiger partial charge in [0, 0.05) is 12.1 Å². The van der Waals surface area contributed by atoms with Gasteiger partial charge in [0.1, 0.15) is 12.1 Å². The molecule has 5 amide bonds. The number of hydrogen-bond donors (Lipinski definition) is 4. The average molecular weight is 522 g/mol. The van der Waals surface area contributed by atoms with E-state index in [0.29, 0.717) is 19.4 Å². The number of nitrogens with zero attached hydrogens (tertiary/aromatic N) is 1. The van der Waals surface area contributed by atoms with Gasteiger partial charge < -0.3 is 26.6 Å². The van der Waals surface area contributed by atoms with Gasteiger partial charge in [-0.1, -0.05) is 53.9 Å². The Kier molecular flexibility index (Phi) is 9.76. The molecule has 1 aliphatic heterocycles. The molecule has 4 atom stereocenters. The number of nitrogens with one attached hydrogen (secondary N) is 3. The first-order valence-corrected chi connectivity index (χ1v) is 13.5. The number of carbonyl (C=O) groups excluding carboxylic acids is 5. The normalized spacial score (nSPS) is 22.1. The van der Waals surface area contributed by atoms with Crippen LogP contribution in [-0.2, 0) is 19.2 Å². The maximum Gasteiger partial charge on any atom is 0.315 e. The minimum atomic E-state index is -1.08. The Labute approximate surface area is 221 Å². The van der Waals surface area contributed by atoms with E-state index in [-0.39, 0.29) is 23.7 Å². The molecule has 5 N–H and O–H groups in total. The zero-order chi connectivity index (χ0) is 28.3. The van der Waals surface area contributed by atoms with Crippen molar-refractivity contribution in [1.29, 1.82) is 0 Å². The van der Waals surface area contributed by atoms with Crippen molar-refractivity contribution >= 4 is 29.5 Å². The van der Waals surface area contributed by atoms with Gasteiger partial charge in [-0.2, -0.15) is 0 Å². The maximum absolute atomic E-state index is 13.9. The molecule has 1 heterocycles. The second kappa shape index (κ2) is 11.8. The van der Waals surface area contributed by atoms with Crippen molar-refractivity contribution in [2.75, 3.05) is 6.54 Å². The number of likely N-dealkylation sites (tertiary alicyclic amines) is 1. The third kappa shape index (κ3) is 8.17. The molecule has 0 aromatic carbocycles. The van der Waals surface area contributed by atoms with Gasteiger partial charge >= 0.3 is 6.03 Å². The van der Waals surface area contributed by atoms with E-state index in [4.69, 9.17) is 5.73 Å². The molecule has 1 saturated carbocycles. The quantitative estimate of drug-likeness (QED) is 0.343. The molecule has 2 aliphatic rings. The van der Waals surface area contributed by atoms with Gasteiger partial charge in [0.05, 0.1) is 6.04 Å².